The zero-order valence-corrected chi connectivity index (χ0v) is 22.2. The Kier molecular flexibility index (Phi) is 10.9. The number of amides is 4. The van der Waals surface area contributed by atoms with Crippen molar-refractivity contribution in [3.63, 3.8) is 0 Å². The molecule has 1 aromatic rings. The van der Waals surface area contributed by atoms with Gasteiger partial charge in [-0.1, -0.05) is 58.2 Å². The number of hydrogen-bond acceptors (Lipinski definition) is 5. The summed E-state index contributed by atoms with van der Waals surface area (Å²) in [6.07, 6.45) is 3.23. The summed E-state index contributed by atoms with van der Waals surface area (Å²) in [7, 11) is 0. The summed E-state index contributed by atoms with van der Waals surface area (Å²) >= 11 is 0. The molecule has 0 radical (unpaired) electrons. The van der Waals surface area contributed by atoms with E-state index in [0.717, 1.165) is 18.4 Å². The van der Waals surface area contributed by atoms with Gasteiger partial charge in [-0.3, -0.25) is 24.4 Å². The Hall–Kier alpha value is -2.94. The Morgan fingerprint density at radius 3 is 2.22 bits per heavy atom. The van der Waals surface area contributed by atoms with Crippen LogP contribution in [0.4, 0.5) is 0 Å². The van der Waals surface area contributed by atoms with Gasteiger partial charge in [-0.15, -0.1) is 0 Å². The number of nitrogens with one attached hydrogen (secondary N) is 3. The molecule has 1 fully saturated rings. The number of likely N-dealkylation sites (tertiary alicyclic amines) is 1. The third kappa shape index (κ3) is 8.62. The van der Waals surface area contributed by atoms with Crippen molar-refractivity contribution in [3.8, 4) is 0 Å². The van der Waals surface area contributed by atoms with Crippen molar-refractivity contribution in [1.29, 1.82) is 0 Å². The number of benzene rings is 1. The van der Waals surface area contributed by atoms with Gasteiger partial charge in [0.05, 0.1) is 0 Å². The van der Waals surface area contributed by atoms with Crippen LogP contribution in [0.1, 0.15) is 82.1 Å². The van der Waals surface area contributed by atoms with E-state index in [9.17, 15) is 19.2 Å². The van der Waals surface area contributed by atoms with E-state index in [4.69, 9.17) is 5.21 Å². The van der Waals surface area contributed by atoms with E-state index in [1.54, 1.807) is 22.5 Å². The highest BCUT2D eigenvalue weighted by Gasteiger charge is 2.38. The molecule has 0 saturated carbocycles. The Bertz CT molecular complexity index is 902. The summed E-state index contributed by atoms with van der Waals surface area (Å²) in [4.78, 5) is 52.6. The molecule has 2 atom stereocenters. The van der Waals surface area contributed by atoms with Gasteiger partial charge in [0.25, 0.3) is 5.91 Å². The number of nitrogens with zero attached hydrogens (tertiary/aromatic N) is 1. The van der Waals surface area contributed by atoms with Gasteiger partial charge in [0.15, 0.2) is 0 Å². The zero-order valence-electron chi connectivity index (χ0n) is 22.2. The lowest BCUT2D eigenvalue weighted by Gasteiger charge is -2.39. The van der Waals surface area contributed by atoms with E-state index in [1.165, 1.54) is 0 Å². The number of hydroxylamine groups is 1. The molecule has 1 saturated heterocycles. The van der Waals surface area contributed by atoms with E-state index >= 15 is 0 Å². The van der Waals surface area contributed by atoms with Crippen LogP contribution >= 0.6 is 0 Å². The molecule has 1 aromatic carbocycles. The minimum absolute atomic E-state index is 0.0269. The van der Waals surface area contributed by atoms with Crippen molar-refractivity contribution < 1.29 is 24.4 Å². The van der Waals surface area contributed by atoms with E-state index in [1.807, 2.05) is 46.8 Å². The molecule has 2 rings (SSSR count). The highest BCUT2D eigenvalue weighted by molar-refractivity contribution is 5.94. The summed E-state index contributed by atoms with van der Waals surface area (Å²) in [5.74, 6) is -1.90. The van der Waals surface area contributed by atoms with Gasteiger partial charge in [-0.2, -0.15) is 0 Å². The lowest BCUT2D eigenvalue weighted by atomic mass is 9.84. The first kappa shape index (κ1) is 29.3. The average Bonchev–Trinajstić information content (AvgIpc) is 2.84. The molecule has 9 nitrogen and oxygen atoms in total. The summed E-state index contributed by atoms with van der Waals surface area (Å²) in [5.41, 5.74) is 2.75. The smallest absolute Gasteiger partial charge is 0.251 e. The lowest BCUT2D eigenvalue weighted by Crippen LogP contribution is -2.58. The predicted octanol–water partition coefficient (Wildman–Crippen LogP) is 2.95. The van der Waals surface area contributed by atoms with Crippen LogP contribution in [0.3, 0.4) is 0 Å². The van der Waals surface area contributed by atoms with Crippen LogP contribution in [0, 0.1) is 18.3 Å². The molecule has 0 spiro atoms. The van der Waals surface area contributed by atoms with Crippen LogP contribution < -0.4 is 16.1 Å². The summed E-state index contributed by atoms with van der Waals surface area (Å²) in [6, 6.07) is 6.63. The first-order valence-corrected chi connectivity index (χ1v) is 12.9. The molecule has 0 unspecified atom stereocenters. The normalized spacial score (nSPS) is 16.1. The number of carbonyl (C=O) groups excluding carboxylic acids is 4. The largest absolute Gasteiger partial charge is 0.349 e. The molecule has 1 aliphatic rings. The van der Waals surface area contributed by atoms with E-state index in [0.29, 0.717) is 37.9 Å². The van der Waals surface area contributed by atoms with Gasteiger partial charge < -0.3 is 15.5 Å². The Balaban J connectivity index is 2.00. The number of rotatable bonds is 10. The number of aryl methyl sites for hydroxylation is 1. The molecular weight excluding hydrogens is 460 g/mol. The molecule has 4 N–H and O–H groups in total. The zero-order chi connectivity index (χ0) is 26.9. The third-order valence-corrected chi connectivity index (χ3v) is 6.69. The molecule has 0 aromatic heterocycles. The van der Waals surface area contributed by atoms with Crippen molar-refractivity contribution in [1.82, 2.24) is 21.0 Å². The van der Waals surface area contributed by atoms with Crippen LogP contribution in [0.2, 0.25) is 0 Å². The SMILES string of the molecule is CCCC[C@@H](CC(=O)NO)C(=O)N[C@@H](C(=O)N1CCC(NC(=O)c2ccc(C)cc2)CC1)C(C)(C)C. The second-order valence-corrected chi connectivity index (χ2v) is 10.8. The number of piperidine rings is 1. The topological polar surface area (TPSA) is 128 Å². The fourth-order valence-electron chi connectivity index (χ4n) is 4.36. The van der Waals surface area contributed by atoms with Crippen LogP contribution in [0.25, 0.3) is 0 Å². The maximum absolute atomic E-state index is 13.5. The van der Waals surface area contributed by atoms with E-state index < -0.39 is 23.3 Å². The average molecular weight is 503 g/mol. The van der Waals surface area contributed by atoms with Gasteiger partial charge in [-0.25, -0.2) is 5.48 Å². The van der Waals surface area contributed by atoms with Crippen molar-refractivity contribution in [2.24, 2.45) is 11.3 Å². The fourth-order valence-corrected chi connectivity index (χ4v) is 4.36. The van der Waals surface area contributed by atoms with E-state index in [2.05, 4.69) is 10.6 Å². The number of carbonyl (C=O) groups is 4. The molecule has 0 aliphatic carbocycles. The van der Waals surface area contributed by atoms with Gasteiger partial charge in [-0.05, 0) is 43.7 Å². The minimum atomic E-state index is -0.759. The highest BCUT2D eigenvalue weighted by atomic mass is 16.5. The molecular formula is C27H42N4O5. The van der Waals surface area contributed by atoms with Crippen molar-refractivity contribution in [2.45, 2.75) is 85.2 Å². The maximum atomic E-state index is 13.5. The summed E-state index contributed by atoms with van der Waals surface area (Å²) in [5, 5.41) is 14.9. The Morgan fingerprint density at radius 1 is 1.08 bits per heavy atom. The van der Waals surface area contributed by atoms with Crippen LogP contribution in [-0.2, 0) is 14.4 Å². The predicted molar refractivity (Wildman–Crippen MR) is 137 cm³/mol. The summed E-state index contributed by atoms with van der Waals surface area (Å²) in [6.45, 7) is 10.6. The highest BCUT2D eigenvalue weighted by Crippen LogP contribution is 2.24. The first-order chi connectivity index (χ1) is 17.0. The van der Waals surface area contributed by atoms with Crippen molar-refractivity contribution in [3.05, 3.63) is 35.4 Å². The van der Waals surface area contributed by atoms with Crippen LogP contribution in [-0.4, -0.2) is 58.9 Å². The van der Waals surface area contributed by atoms with Gasteiger partial charge in [0.2, 0.25) is 17.7 Å². The number of unbranched alkanes of at least 4 members (excludes halogenated alkanes) is 1. The van der Waals surface area contributed by atoms with Gasteiger partial charge >= 0.3 is 0 Å². The van der Waals surface area contributed by atoms with Gasteiger partial charge in [0, 0.05) is 37.0 Å². The van der Waals surface area contributed by atoms with Gasteiger partial charge in [0.1, 0.15) is 6.04 Å². The minimum Gasteiger partial charge on any atom is -0.349 e. The van der Waals surface area contributed by atoms with Crippen molar-refractivity contribution in [2.75, 3.05) is 13.1 Å². The molecule has 200 valence electrons. The monoisotopic (exact) mass is 502 g/mol. The second-order valence-electron chi connectivity index (χ2n) is 10.8. The fraction of sp³-hybridized carbons (Fsp3) is 0.630. The summed E-state index contributed by atoms with van der Waals surface area (Å²) < 4.78 is 0. The first-order valence-electron chi connectivity index (χ1n) is 12.9. The third-order valence-electron chi connectivity index (χ3n) is 6.69. The van der Waals surface area contributed by atoms with Crippen molar-refractivity contribution >= 4 is 23.6 Å². The molecule has 4 amide bonds. The molecule has 36 heavy (non-hydrogen) atoms. The molecule has 9 heteroatoms. The standard InChI is InChI=1S/C27H42N4O5/c1-6-7-8-20(17-22(32)30-36)25(34)29-23(27(3,4)5)26(35)31-15-13-21(14-16-31)28-24(33)19-11-9-18(2)10-12-19/h9-12,20-21,23,36H,6-8,13-17H2,1-5H3,(H,28,33)(H,29,34)(H,30,32)/t20-,23-/m0/s1. The molecule has 1 heterocycles. The molecule has 1 aliphatic heterocycles. The maximum Gasteiger partial charge on any atom is 0.251 e. The lowest BCUT2D eigenvalue weighted by molar-refractivity contribution is -0.142. The van der Waals surface area contributed by atoms with E-state index in [-0.39, 0.29) is 30.2 Å². The Morgan fingerprint density at radius 2 is 1.69 bits per heavy atom. The molecule has 0 bridgehead atoms. The number of hydrogen-bond donors (Lipinski definition) is 4. The quantitative estimate of drug-likeness (QED) is 0.289. The van der Waals surface area contributed by atoms with Crippen LogP contribution in [0.15, 0.2) is 24.3 Å². The second kappa shape index (κ2) is 13.4. The Labute approximate surface area is 214 Å². The van der Waals surface area contributed by atoms with Crippen LogP contribution in [0.5, 0.6) is 0 Å².